The molecule has 206 valence electrons. The highest BCUT2D eigenvalue weighted by Gasteiger charge is 2.24. The number of aryl methyl sites for hydroxylation is 2. The van der Waals surface area contributed by atoms with Crippen molar-refractivity contribution in [2.45, 2.75) is 58.7 Å². The van der Waals surface area contributed by atoms with Gasteiger partial charge >= 0.3 is 0 Å². The first-order chi connectivity index (χ1) is 18.7. The van der Waals surface area contributed by atoms with Crippen LogP contribution in [0.1, 0.15) is 64.7 Å². The van der Waals surface area contributed by atoms with Gasteiger partial charge in [0.25, 0.3) is 0 Å². The van der Waals surface area contributed by atoms with E-state index in [2.05, 4.69) is 60.6 Å². The summed E-state index contributed by atoms with van der Waals surface area (Å²) in [5, 5.41) is 19.9. The highest BCUT2D eigenvalue weighted by Crippen LogP contribution is 2.32. The van der Waals surface area contributed by atoms with Crippen LogP contribution in [0.4, 0.5) is 0 Å². The molecule has 0 amide bonds. The largest absolute Gasteiger partial charge is 0.383 e. The van der Waals surface area contributed by atoms with Crippen molar-refractivity contribution < 1.29 is 9.90 Å². The standard InChI is InChI=1S/C14H16ClN3O.C8H11IN2.C6H4ClNO/c1-9-12(8-18(17-9)7-10-4-5-10)13(19)11-3-2-6-16-14(11)15;1-6-8(9)5-11(10-6)4-7-2-3-7;7-6-5(4-9)2-1-3-8-6/h2-3,6,8,10,13,19H,4-5,7H2,1H3;5,7H,2-4H2,1H3;1-4H. The Labute approximate surface area is 251 Å². The molecule has 4 aromatic heterocycles. The Morgan fingerprint density at radius 3 is 1.97 bits per heavy atom. The van der Waals surface area contributed by atoms with E-state index in [4.69, 9.17) is 23.2 Å². The molecule has 2 aliphatic carbocycles. The molecule has 11 heteroatoms. The number of aliphatic hydroxyl groups excluding tert-OH is 1. The smallest absolute Gasteiger partial charge is 0.153 e. The quantitative estimate of drug-likeness (QED) is 0.136. The molecule has 0 aliphatic heterocycles. The maximum Gasteiger partial charge on any atom is 0.153 e. The molecule has 4 aromatic rings. The summed E-state index contributed by atoms with van der Waals surface area (Å²) < 4.78 is 5.29. The van der Waals surface area contributed by atoms with Gasteiger partial charge in [0.05, 0.1) is 20.5 Å². The molecule has 2 fully saturated rings. The van der Waals surface area contributed by atoms with E-state index in [0.717, 1.165) is 41.9 Å². The first-order valence-electron chi connectivity index (χ1n) is 12.8. The molecule has 2 saturated carbocycles. The lowest BCUT2D eigenvalue weighted by atomic mass is 10.0. The van der Waals surface area contributed by atoms with Crippen LogP contribution in [-0.2, 0) is 13.1 Å². The second-order valence-corrected chi connectivity index (χ2v) is 11.7. The first-order valence-corrected chi connectivity index (χ1v) is 14.7. The van der Waals surface area contributed by atoms with Gasteiger partial charge in [-0.3, -0.25) is 14.2 Å². The Morgan fingerprint density at radius 2 is 1.49 bits per heavy atom. The van der Waals surface area contributed by atoms with E-state index in [0.29, 0.717) is 22.6 Å². The average molecular weight is 681 g/mol. The maximum absolute atomic E-state index is 10.4. The third-order valence-electron chi connectivity index (χ3n) is 6.45. The predicted octanol–water partition coefficient (Wildman–Crippen LogP) is 6.49. The molecular weight excluding hydrogens is 650 g/mol. The molecule has 1 atom stereocenters. The van der Waals surface area contributed by atoms with Crippen molar-refractivity contribution in [1.29, 1.82) is 0 Å². The van der Waals surface area contributed by atoms with Gasteiger partial charge in [-0.25, -0.2) is 9.97 Å². The van der Waals surface area contributed by atoms with Crippen molar-refractivity contribution in [3.8, 4) is 0 Å². The van der Waals surface area contributed by atoms with E-state index >= 15 is 0 Å². The van der Waals surface area contributed by atoms with Crippen LogP contribution in [0.25, 0.3) is 0 Å². The summed E-state index contributed by atoms with van der Waals surface area (Å²) >= 11 is 13.8. The molecule has 1 unspecified atom stereocenters. The summed E-state index contributed by atoms with van der Waals surface area (Å²) in [6.07, 6.45) is 12.5. The van der Waals surface area contributed by atoms with Crippen molar-refractivity contribution in [2.24, 2.45) is 11.8 Å². The summed E-state index contributed by atoms with van der Waals surface area (Å²) in [6, 6.07) is 6.84. The summed E-state index contributed by atoms with van der Waals surface area (Å²) in [5.74, 6) is 1.68. The highest BCUT2D eigenvalue weighted by atomic mass is 127. The normalized spacial score (nSPS) is 15.0. The van der Waals surface area contributed by atoms with Gasteiger partial charge in [-0.2, -0.15) is 10.2 Å². The fraction of sp³-hybridized carbons (Fsp3) is 0.393. The van der Waals surface area contributed by atoms with E-state index in [-0.39, 0.29) is 5.15 Å². The summed E-state index contributed by atoms with van der Waals surface area (Å²) in [5.41, 5.74) is 3.85. The Bertz CT molecular complexity index is 1380. The lowest BCUT2D eigenvalue weighted by Crippen LogP contribution is -2.02. The van der Waals surface area contributed by atoms with Crippen molar-refractivity contribution in [2.75, 3.05) is 0 Å². The fourth-order valence-electron chi connectivity index (χ4n) is 3.87. The summed E-state index contributed by atoms with van der Waals surface area (Å²) in [7, 11) is 0. The molecule has 0 saturated heterocycles. The van der Waals surface area contributed by atoms with Crippen LogP contribution >= 0.6 is 45.8 Å². The molecule has 1 N–H and O–H groups in total. The van der Waals surface area contributed by atoms with Gasteiger partial charge in [0.2, 0.25) is 0 Å². The second kappa shape index (κ2) is 13.8. The zero-order valence-electron chi connectivity index (χ0n) is 21.8. The van der Waals surface area contributed by atoms with Crippen molar-refractivity contribution in [3.63, 3.8) is 0 Å². The molecule has 0 radical (unpaired) electrons. The summed E-state index contributed by atoms with van der Waals surface area (Å²) in [4.78, 5) is 17.8. The van der Waals surface area contributed by atoms with Crippen LogP contribution in [-0.4, -0.2) is 40.9 Å². The van der Waals surface area contributed by atoms with E-state index in [1.807, 2.05) is 17.8 Å². The van der Waals surface area contributed by atoms with Gasteiger partial charge in [0, 0.05) is 49.0 Å². The van der Waals surface area contributed by atoms with Gasteiger partial charge < -0.3 is 5.11 Å². The fourth-order valence-corrected chi connectivity index (χ4v) is 4.68. The third kappa shape index (κ3) is 8.83. The number of nitrogens with zero attached hydrogens (tertiary/aromatic N) is 6. The summed E-state index contributed by atoms with van der Waals surface area (Å²) in [6.45, 7) is 6.04. The van der Waals surface area contributed by atoms with Crippen molar-refractivity contribution in [3.05, 3.63) is 91.0 Å². The van der Waals surface area contributed by atoms with Crippen LogP contribution in [0, 0.1) is 29.3 Å². The lowest BCUT2D eigenvalue weighted by molar-refractivity contribution is 0.112. The number of carbonyl (C=O) groups excluding carboxylic acids is 1. The van der Waals surface area contributed by atoms with Gasteiger partial charge in [0.1, 0.15) is 16.4 Å². The minimum Gasteiger partial charge on any atom is -0.383 e. The number of aromatic nitrogens is 6. The number of pyridine rings is 2. The number of carbonyl (C=O) groups is 1. The number of rotatable bonds is 7. The maximum atomic E-state index is 10.4. The number of aliphatic hydroxyl groups is 1. The Morgan fingerprint density at radius 1 is 0.923 bits per heavy atom. The van der Waals surface area contributed by atoms with Crippen LogP contribution in [0.15, 0.2) is 49.1 Å². The number of hydrogen-bond donors (Lipinski definition) is 1. The molecule has 2 aliphatic rings. The van der Waals surface area contributed by atoms with Gasteiger partial charge in [-0.05, 0) is 92.2 Å². The van der Waals surface area contributed by atoms with Gasteiger partial charge in [-0.1, -0.05) is 29.3 Å². The van der Waals surface area contributed by atoms with Gasteiger partial charge in [0.15, 0.2) is 6.29 Å². The minimum atomic E-state index is -0.769. The van der Waals surface area contributed by atoms with Crippen LogP contribution in [0.3, 0.4) is 0 Å². The lowest BCUT2D eigenvalue weighted by Gasteiger charge is -2.10. The van der Waals surface area contributed by atoms with E-state index in [1.54, 1.807) is 30.5 Å². The van der Waals surface area contributed by atoms with Crippen molar-refractivity contribution >= 4 is 52.1 Å². The molecule has 8 nitrogen and oxygen atoms in total. The zero-order valence-corrected chi connectivity index (χ0v) is 25.5. The highest BCUT2D eigenvalue weighted by molar-refractivity contribution is 14.1. The molecule has 0 spiro atoms. The molecule has 6 rings (SSSR count). The molecule has 39 heavy (non-hydrogen) atoms. The molecular formula is C28H31Cl2IN6O2. The molecule has 4 heterocycles. The monoisotopic (exact) mass is 680 g/mol. The minimum absolute atomic E-state index is 0.257. The molecule has 0 bridgehead atoms. The van der Waals surface area contributed by atoms with Crippen LogP contribution in [0.2, 0.25) is 10.3 Å². The zero-order chi connectivity index (χ0) is 27.9. The topological polar surface area (TPSA) is 98.7 Å². The first kappa shape index (κ1) is 29.6. The number of aldehydes is 1. The Hall–Kier alpha value is -2.34. The van der Waals surface area contributed by atoms with Crippen LogP contribution < -0.4 is 0 Å². The average Bonchev–Trinajstić information content (AvgIpc) is 3.84. The number of hydrogen-bond acceptors (Lipinski definition) is 6. The number of halogens is 3. The molecule has 0 aromatic carbocycles. The SMILES string of the molecule is Cc1nn(CC2CC2)cc1C(O)c1cccnc1Cl.Cc1nn(CC2CC2)cc1I.O=Cc1cccnc1Cl. The van der Waals surface area contributed by atoms with Gasteiger partial charge in [-0.15, -0.1) is 0 Å². The van der Waals surface area contributed by atoms with Crippen LogP contribution in [0.5, 0.6) is 0 Å². The Balaban J connectivity index is 0.000000149. The second-order valence-electron chi connectivity index (χ2n) is 9.85. The van der Waals surface area contributed by atoms with E-state index < -0.39 is 6.10 Å². The van der Waals surface area contributed by atoms with Crippen molar-refractivity contribution in [1.82, 2.24) is 29.5 Å². The van der Waals surface area contributed by atoms with E-state index in [1.165, 1.54) is 35.5 Å². The van der Waals surface area contributed by atoms with E-state index in [9.17, 15) is 9.90 Å². The third-order valence-corrected chi connectivity index (χ3v) is 8.14. The predicted molar refractivity (Wildman–Crippen MR) is 160 cm³/mol. The Kier molecular flexibility index (Phi) is 10.5.